The van der Waals surface area contributed by atoms with Crippen molar-refractivity contribution in [2.24, 2.45) is 0 Å². The van der Waals surface area contributed by atoms with E-state index in [-0.39, 0.29) is 23.1 Å². The minimum absolute atomic E-state index is 0.0208. The van der Waals surface area contributed by atoms with Crippen molar-refractivity contribution in [1.82, 2.24) is 4.31 Å². The van der Waals surface area contributed by atoms with Crippen molar-refractivity contribution in [1.29, 1.82) is 0 Å². The Morgan fingerprint density at radius 3 is 1.82 bits per heavy atom. The van der Waals surface area contributed by atoms with Crippen LogP contribution in [0.25, 0.3) is 0 Å². The van der Waals surface area contributed by atoms with Gasteiger partial charge in [-0.2, -0.15) is 78.9 Å². The van der Waals surface area contributed by atoms with Gasteiger partial charge in [0.05, 0.1) is 24.7 Å². The standard InChI is InChI=1S/C31H30F17NO6S/c1-4-18-11-20(16-53-14-18)55-23(52-3)22-12-19(15-54-22)13-49(56(50,51)21-7-5-17(2)6-8-21)10-9-24(32,33)25(34,35)26(36,37)27(38,39)28(40,41)29(42,43)30(44,45)31(46,47)48/h4-8,11-12,20,22-23H,1,9-10,13-16H2,2-3H3/t20-,22+,23-/m0/s1. The maximum absolute atomic E-state index is 14.9. The van der Waals surface area contributed by atoms with Crippen LogP contribution in [0.2, 0.25) is 0 Å². The molecule has 0 saturated carbocycles. The molecule has 0 spiro atoms. The smallest absolute Gasteiger partial charge is 0.374 e. The highest BCUT2D eigenvalue weighted by Gasteiger charge is 2.95. The van der Waals surface area contributed by atoms with Gasteiger partial charge in [0.2, 0.25) is 10.0 Å². The Balaban J connectivity index is 1.97. The first-order valence-electron chi connectivity index (χ1n) is 15.5. The first-order chi connectivity index (χ1) is 25.3. The Labute approximate surface area is 306 Å². The third-order valence-electron chi connectivity index (χ3n) is 8.38. The molecular weight excluding hydrogens is 837 g/mol. The van der Waals surface area contributed by atoms with Gasteiger partial charge in [-0.05, 0) is 42.4 Å². The van der Waals surface area contributed by atoms with Crippen LogP contribution >= 0.6 is 0 Å². The zero-order chi connectivity index (χ0) is 43.1. The fourth-order valence-corrected chi connectivity index (χ4v) is 6.49. The summed E-state index contributed by atoms with van der Waals surface area (Å²) in [6.45, 7) is 1.53. The molecule has 2 aliphatic rings. The van der Waals surface area contributed by atoms with Crippen LogP contribution in [0.4, 0.5) is 74.6 Å². The van der Waals surface area contributed by atoms with Gasteiger partial charge in [-0.3, -0.25) is 0 Å². The Hall–Kier alpha value is -3.00. The average molecular weight is 868 g/mol. The number of nitrogens with zero attached hydrogens (tertiary/aromatic N) is 1. The van der Waals surface area contributed by atoms with E-state index in [1.54, 1.807) is 6.08 Å². The molecule has 3 atom stereocenters. The zero-order valence-electron chi connectivity index (χ0n) is 28.5. The van der Waals surface area contributed by atoms with Crippen molar-refractivity contribution >= 4 is 10.0 Å². The number of aryl methyl sites for hydroxylation is 1. The van der Waals surface area contributed by atoms with Crippen molar-refractivity contribution in [3.8, 4) is 0 Å². The van der Waals surface area contributed by atoms with Crippen molar-refractivity contribution in [2.45, 2.75) is 84.4 Å². The first-order valence-corrected chi connectivity index (χ1v) is 16.9. The highest BCUT2D eigenvalue weighted by Crippen LogP contribution is 2.64. The molecule has 56 heavy (non-hydrogen) atoms. The Bertz CT molecular complexity index is 1730. The summed E-state index contributed by atoms with van der Waals surface area (Å²) in [5.74, 6) is -57.8. The number of methoxy groups -OCH3 is 1. The lowest BCUT2D eigenvalue weighted by molar-refractivity contribution is -0.461. The van der Waals surface area contributed by atoms with Gasteiger partial charge in [-0.1, -0.05) is 30.4 Å². The summed E-state index contributed by atoms with van der Waals surface area (Å²) in [7, 11) is -4.02. The monoisotopic (exact) mass is 867 g/mol. The minimum atomic E-state index is -8.79. The molecule has 2 heterocycles. The molecule has 1 aromatic rings. The van der Waals surface area contributed by atoms with Crippen LogP contribution in [-0.4, -0.2) is 119 Å². The van der Waals surface area contributed by atoms with E-state index < -0.39 is 107 Å². The summed E-state index contributed by atoms with van der Waals surface area (Å²) in [5.41, 5.74) is 0.868. The van der Waals surface area contributed by atoms with Gasteiger partial charge in [0, 0.05) is 26.6 Å². The maximum atomic E-state index is 14.9. The Morgan fingerprint density at radius 2 is 1.32 bits per heavy atom. The molecule has 0 aliphatic carbocycles. The van der Waals surface area contributed by atoms with Crippen LogP contribution in [0, 0.1) is 6.92 Å². The van der Waals surface area contributed by atoms with Crippen molar-refractivity contribution < 1.29 is 102 Å². The number of benzene rings is 1. The number of rotatable bonds is 18. The molecule has 2 aliphatic heterocycles. The minimum Gasteiger partial charge on any atom is -0.374 e. The van der Waals surface area contributed by atoms with Crippen LogP contribution in [-0.2, 0) is 29.0 Å². The molecule has 0 fully saturated rings. The summed E-state index contributed by atoms with van der Waals surface area (Å²) in [6, 6.07) is 4.05. The summed E-state index contributed by atoms with van der Waals surface area (Å²) < 4.78 is 284. The predicted octanol–water partition coefficient (Wildman–Crippen LogP) is 8.21. The zero-order valence-corrected chi connectivity index (χ0v) is 29.3. The second kappa shape index (κ2) is 16.0. The molecule has 0 amide bonds. The lowest BCUT2D eigenvalue weighted by Gasteiger charge is -2.43. The van der Waals surface area contributed by atoms with Crippen LogP contribution < -0.4 is 0 Å². The van der Waals surface area contributed by atoms with Gasteiger partial charge in [0.15, 0.2) is 6.29 Å². The Kier molecular flexibility index (Phi) is 13.5. The van der Waals surface area contributed by atoms with Crippen LogP contribution in [0.3, 0.4) is 0 Å². The Morgan fingerprint density at radius 1 is 0.804 bits per heavy atom. The van der Waals surface area contributed by atoms with E-state index in [2.05, 4.69) is 6.58 Å². The van der Waals surface area contributed by atoms with Crippen molar-refractivity contribution in [3.05, 3.63) is 65.8 Å². The van der Waals surface area contributed by atoms with E-state index in [1.165, 1.54) is 13.0 Å². The van der Waals surface area contributed by atoms with E-state index in [0.717, 1.165) is 37.5 Å². The van der Waals surface area contributed by atoms with E-state index in [4.69, 9.17) is 18.9 Å². The first kappa shape index (κ1) is 47.4. The van der Waals surface area contributed by atoms with Crippen LogP contribution in [0.15, 0.2) is 65.1 Å². The van der Waals surface area contributed by atoms with Crippen LogP contribution in [0.1, 0.15) is 12.0 Å². The number of alkyl halides is 17. The second-order valence-corrected chi connectivity index (χ2v) is 14.3. The molecule has 0 unspecified atom stereocenters. The van der Waals surface area contributed by atoms with Gasteiger partial charge in [0.1, 0.15) is 12.2 Å². The number of halogens is 17. The molecule has 0 aromatic heterocycles. The van der Waals surface area contributed by atoms with E-state index in [0.29, 0.717) is 11.1 Å². The number of sulfonamides is 1. The number of hydrogen-bond acceptors (Lipinski definition) is 6. The van der Waals surface area contributed by atoms with E-state index in [1.807, 2.05) is 0 Å². The molecule has 25 heteroatoms. The molecule has 1 aromatic carbocycles. The highest BCUT2D eigenvalue weighted by atomic mass is 32.2. The summed E-state index contributed by atoms with van der Waals surface area (Å²) >= 11 is 0. The molecule has 0 radical (unpaired) electrons. The van der Waals surface area contributed by atoms with E-state index in [9.17, 15) is 83.1 Å². The molecule has 0 N–H and O–H groups in total. The predicted molar refractivity (Wildman–Crippen MR) is 158 cm³/mol. The molecule has 320 valence electrons. The largest absolute Gasteiger partial charge is 0.460 e. The highest BCUT2D eigenvalue weighted by molar-refractivity contribution is 7.89. The topological polar surface area (TPSA) is 74.3 Å². The summed E-state index contributed by atoms with van der Waals surface area (Å²) in [5, 5.41) is 0. The lowest BCUT2D eigenvalue weighted by atomic mass is 9.88. The molecule has 0 saturated heterocycles. The molecular formula is C31H30F17NO6S. The third-order valence-corrected chi connectivity index (χ3v) is 10.2. The summed E-state index contributed by atoms with van der Waals surface area (Å²) in [6.07, 6.45) is -9.90. The van der Waals surface area contributed by atoms with Crippen molar-refractivity contribution in [3.63, 3.8) is 0 Å². The third kappa shape index (κ3) is 8.43. The molecule has 0 bridgehead atoms. The van der Waals surface area contributed by atoms with Gasteiger partial charge >= 0.3 is 47.6 Å². The summed E-state index contributed by atoms with van der Waals surface area (Å²) in [4.78, 5) is -0.751. The van der Waals surface area contributed by atoms with Gasteiger partial charge in [-0.15, -0.1) is 0 Å². The number of ether oxygens (including phenoxy) is 4. The second-order valence-electron chi connectivity index (χ2n) is 12.4. The normalized spacial score (nSPS) is 20.6. The number of hydrogen-bond donors (Lipinski definition) is 0. The van der Waals surface area contributed by atoms with Gasteiger partial charge < -0.3 is 18.9 Å². The van der Waals surface area contributed by atoms with E-state index >= 15 is 0 Å². The quantitative estimate of drug-likeness (QED) is 0.0842. The fraction of sp³-hybridized carbons (Fsp3) is 0.613. The lowest BCUT2D eigenvalue weighted by Crippen LogP contribution is -2.74. The van der Waals surface area contributed by atoms with Gasteiger partial charge in [-0.25, -0.2) is 8.42 Å². The molecule has 3 rings (SSSR count). The molecule has 7 nitrogen and oxygen atoms in total. The maximum Gasteiger partial charge on any atom is 0.460 e. The fourth-order valence-electron chi connectivity index (χ4n) is 5.05. The van der Waals surface area contributed by atoms with Crippen LogP contribution in [0.5, 0.6) is 0 Å². The van der Waals surface area contributed by atoms with Gasteiger partial charge in [0.25, 0.3) is 0 Å². The van der Waals surface area contributed by atoms with Crippen molar-refractivity contribution in [2.75, 3.05) is 40.0 Å². The average Bonchev–Trinajstić information content (AvgIpc) is 3.56. The SMILES string of the molecule is C=CC1=C[C@H](O[C@H](OC)[C@H]2C=C(CN(CCC(F)(F)C(F)(F)C(F)(F)C(F)(F)C(F)(F)C(F)(F)C(F)(F)C(F)(F)F)S(=O)(=O)c3ccc(C)cc3)CO2)COC1.